The summed E-state index contributed by atoms with van der Waals surface area (Å²) in [6, 6.07) is 23.9. The van der Waals surface area contributed by atoms with Gasteiger partial charge >= 0.3 is 5.97 Å². The maximum atomic E-state index is 12.6. The highest BCUT2D eigenvalue weighted by molar-refractivity contribution is 6.04. The molecule has 0 saturated heterocycles. The van der Waals surface area contributed by atoms with Crippen LogP contribution in [-0.2, 0) is 6.54 Å². The van der Waals surface area contributed by atoms with Gasteiger partial charge in [0.1, 0.15) is 0 Å². The second kappa shape index (κ2) is 9.52. The lowest BCUT2D eigenvalue weighted by molar-refractivity contribution is 0.0691. The molecule has 170 valence electrons. The molecule has 0 fully saturated rings. The second-order valence-electron chi connectivity index (χ2n) is 7.92. The Labute approximate surface area is 201 Å². The number of hydrogen-bond acceptors (Lipinski definition) is 5. The summed E-state index contributed by atoms with van der Waals surface area (Å²) in [4.78, 5) is 37.4. The maximum Gasteiger partial charge on any atom is 0.336 e. The van der Waals surface area contributed by atoms with Gasteiger partial charge in [-0.2, -0.15) is 0 Å². The molecule has 35 heavy (non-hydrogen) atoms. The number of carboxylic acid groups (broad SMARTS) is 1. The first-order chi connectivity index (χ1) is 17.1. The minimum atomic E-state index is -1.15. The molecule has 0 radical (unpaired) electrons. The summed E-state index contributed by atoms with van der Waals surface area (Å²) in [5.41, 5.74) is 5.31. The van der Waals surface area contributed by atoms with Crippen molar-refractivity contribution in [2.24, 2.45) is 0 Å². The molecule has 2 aromatic carbocycles. The van der Waals surface area contributed by atoms with Crippen molar-refractivity contribution in [3.05, 3.63) is 114 Å². The number of carboxylic acids is 1. The number of nitrogens with one attached hydrogen (secondary N) is 1. The normalized spacial score (nSPS) is 10.7. The van der Waals surface area contributed by atoms with Crippen LogP contribution in [0.15, 0.2) is 97.5 Å². The van der Waals surface area contributed by atoms with Gasteiger partial charge in [-0.25, -0.2) is 9.78 Å². The van der Waals surface area contributed by atoms with Gasteiger partial charge in [0.05, 0.1) is 34.6 Å². The molecule has 7 heteroatoms. The maximum absolute atomic E-state index is 12.6. The molecule has 5 aromatic rings. The van der Waals surface area contributed by atoms with Crippen LogP contribution in [0.1, 0.15) is 26.4 Å². The second-order valence-corrected chi connectivity index (χ2v) is 7.92. The van der Waals surface area contributed by atoms with Crippen LogP contribution in [0.25, 0.3) is 33.3 Å². The van der Waals surface area contributed by atoms with E-state index < -0.39 is 11.9 Å². The van der Waals surface area contributed by atoms with E-state index in [4.69, 9.17) is 4.98 Å². The molecule has 2 N–H and O–H groups in total. The van der Waals surface area contributed by atoms with Crippen molar-refractivity contribution in [1.82, 2.24) is 20.3 Å². The van der Waals surface area contributed by atoms with E-state index in [0.717, 1.165) is 33.3 Å². The molecule has 5 rings (SSSR count). The minimum Gasteiger partial charge on any atom is -0.478 e. The number of fused-ring (bicyclic) bond motifs is 1. The Bertz CT molecular complexity index is 1550. The highest BCUT2D eigenvalue weighted by Gasteiger charge is 2.15. The number of carbonyl (C=O) groups is 2. The number of pyridine rings is 3. The molecule has 7 nitrogen and oxygen atoms in total. The van der Waals surface area contributed by atoms with Gasteiger partial charge in [-0.05, 0) is 48.0 Å². The summed E-state index contributed by atoms with van der Waals surface area (Å²) in [5.74, 6) is -1.62. The van der Waals surface area contributed by atoms with Gasteiger partial charge in [-0.3, -0.25) is 14.8 Å². The van der Waals surface area contributed by atoms with Gasteiger partial charge in [0.15, 0.2) is 0 Å². The van der Waals surface area contributed by atoms with Crippen LogP contribution >= 0.6 is 0 Å². The third kappa shape index (κ3) is 4.74. The smallest absolute Gasteiger partial charge is 0.336 e. The Morgan fingerprint density at radius 2 is 1.60 bits per heavy atom. The molecule has 0 aliphatic rings. The van der Waals surface area contributed by atoms with E-state index in [2.05, 4.69) is 21.4 Å². The molecule has 1 amide bonds. The molecule has 0 spiro atoms. The zero-order chi connectivity index (χ0) is 24.2. The highest BCUT2D eigenvalue weighted by atomic mass is 16.4. The van der Waals surface area contributed by atoms with Crippen molar-refractivity contribution < 1.29 is 14.7 Å². The Morgan fingerprint density at radius 3 is 2.40 bits per heavy atom. The quantitative estimate of drug-likeness (QED) is 0.370. The fraction of sp³-hybridized carbons (Fsp3) is 0.0357. The monoisotopic (exact) mass is 460 g/mol. The third-order valence-corrected chi connectivity index (χ3v) is 5.62. The largest absolute Gasteiger partial charge is 0.478 e. The SMILES string of the molecule is O=C(O)c1ccccc1C(=O)NCc1cc2nc(-c3cccc(-c4cccnc4)c3)ccc2cn1. The molecule has 3 heterocycles. The number of aromatic nitrogens is 3. The van der Waals surface area contributed by atoms with Gasteiger partial charge in [0.25, 0.3) is 5.91 Å². The van der Waals surface area contributed by atoms with E-state index >= 15 is 0 Å². The Kier molecular flexibility index (Phi) is 5.96. The van der Waals surface area contributed by atoms with Crippen molar-refractivity contribution in [2.75, 3.05) is 0 Å². The molecule has 0 unspecified atom stereocenters. The first-order valence-electron chi connectivity index (χ1n) is 11.0. The van der Waals surface area contributed by atoms with Crippen LogP contribution in [-0.4, -0.2) is 31.9 Å². The summed E-state index contributed by atoms with van der Waals surface area (Å²) >= 11 is 0. The molecule has 0 aliphatic carbocycles. The van der Waals surface area contributed by atoms with Crippen molar-refractivity contribution in [3.63, 3.8) is 0 Å². The number of aromatic carboxylic acids is 1. The summed E-state index contributed by atoms with van der Waals surface area (Å²) in [6.07, 6.45) is 5.29. The molecule has 3 aromatic heterocycles. The fourth-order valence-corrected chi connectivity index (χ4v) is 3.84. The van der Waals surface area contributed by atoms with Crippen molar-refractivity contribution in [1.29, 1.82) is 0 Å². The Morgan fingerprint density at radius 1 is 0.800 bits per heavy atom. The van der Waals surface area contributed by atoms with E-state index in [1.54, 1.807) is 24.5 Å². The van der Waals surface area contributed by atoms with Crippen molar-refractivity contribution in [3.8, 4) is 22.4 Å². The van der Waals surface area contributed by atoms with Gasteiger partial charge < -0.3 is 10.4 Å². The number of nitrogens with zero attached hydrogens (tertiary/aromatic N) is 3. The predicted molar refractivity (Wildman–Crippen MR) is 133 cm³/mol. The molecule has 0 bridgehead atoms. The minimum absolute atomic E-state index is 0.0451. The standard InChI is InChI=1S/C28H20N4O3/c33-27(23-8-1-2-9-24(23)28(34)35)31-17-22-14-26-21(16-30-22)10-11-25(32-26)19-6-3-5-18(13-19)20-7-4-12-29-15-20/h1-16H,17H2,(H,31,33)(H,34,35). The Balaban J connectivity index is 1.39. The third-order valence-electron chi connectivity index (χ3n) is 5.62. The number of benzene rings is 2. The number of carbonyl (C=O) groups excluding carboxylic acids is 1. The zero-order valence-corrected chi connectivity index (χ0v) is 18.6. The lowest BCUT2D eigenvalue weighted by Gasteiger charge is -2.09. The lowest BCUT2D eigenvalue weighted by atomic mass is 10.0. The fourth-order valence-electron chi connectivity index (χ4n) is 3.84. The van der Waals surface area contributed by atoms with Crippen LogP contribution in [0, 0.1) is 0 Å². The number of rotatable bonds is 6. The van der Waals surface area contributed by atoms with Crippen molar-refractivity contribution in [2.45, 2.75) is 6.54 Å². The molecule has 0 saturated carbocycles. The summed E-state index contributed by atoms with van der Waals surface area (Å²) in [5, 5.41) is 12.9. The van der Waals surface area contributed by atoms with Crippen LogP contribution in [0.4, 0.5) is 0 Å². The van der Waals surface area contributed by atoms with Crippen LogP contribution < -0.4 is 5.32 Å². The van der Waals surface area contributed by atoms with E-state index in [1.807, 2.05) is 54.7 Å². The summed E-state index contributed by atoms with van der Waals surface area (Å²) in [7, 11) is 0. The molecular formula is C28H20N4O3. The first kappa shape index (κ1) is 21.9. The van der Waals surface area contributed by atoms with E-state index in [0.29, 0.717) is 5.69 Å². The van der Waals surface area contributed by atoms with Gasteiger partial charge in [-0.1, -0.05) is 36.4 Å². The molecule has 0 atom stereocenters. The van der Waals surface area contributed by atoms with Gasteiger partial charge in [-0.15, -0.1) is 0 Å². The average Bonchev–Trinajstić information content (AvgIpc) is 2.91. The van der Waals surface area contributed by atoms with E-state index in [9.17, 15) is 14.7 Å². The summed E-state index contributed by atoms with van der Waals surface area (Å²) < 4.78 is 0. The van der Waals surface area contributed by atoms with Crippen LogP contribution in [0.3, 0.4) is 0 Å². The number of amides is 1. The zero-order valence-electron chi connectivity index (χ0n) is 18.6. The van der Waals surface area contributed by atoms with E-state index in [-0.39, 0.29) is 17.7 Å². The number of hydrogen-bond donors (Lipinski definition) is 2. The van der Waals surface area contributed by atoms with Crippen LogP contribution in [0.2, 0.25) is 0 Å². The van der Waals surface area contributed by atoms with Crippen LogP contribution in [0.5, 0.6) is 0 Å². The summed E-state index contributed by atoms with van der Waals surface area (Å²) in [6.45, 7) is 0.144. The highest BCUT2D eigenvalue weighted by Crippen LogP contribution is 2.26. The topological polar surface area (TPSA) is 105 Å². The predicted octanol–water partition coefficient (Wildman–Crippen LogP) is 4.99. The first-order valence-corrected chi connectivity index (χ1v) is 11.0. The molecule has 0 aliphatic heterocycles. The lowest BCUT2D eigenvalue weighted by Crippen LogP contribution is -2.25. The van der Waals surface area contributed by atoms with Gasteiger partial charge in [0, 0.05) is 35.1 Å². The van der Waals surface area contributed by atoms with Gasteiger partial charge in [0.2, 0.25) is 0 Å². The molecular weight excluding hydrogens is 440 g/mol. The average molecular weight is 460 g/mol. The van der Waals surface area contributed by atoms with E-state index in [1.165, 1.54) is 12.1 Å². The van der Waals surface area contributed by atoms with Crippen molar-refractivity contribution >= 4 is 22.8 Å². The Hall–Kier alpha value is -4.91.